The molecular weight excluding hydrogens is 570 g/mol. The molecule has 0 atom stereocenters. The number of nitrogens with two attached hydrogens (primary N) is 1. The summed E-state index contributed by atoms with van der Waals surface area (Å²) >= 11 is 1.65. The first-order valence-electron chi connectivity index (χ1n) is 13.5. The highest BCUT2D eigenvalue weighted by Gasteiger charge is 2.20. The normalized spacial score (nSPS) is 10.5. The van der Waals surface area contributed by atoms with Crippen molar-refractivity contribution in [3.63, 3.8) is 0 Å². The summed E-state index contributed by atoms with van der Waals surface area (Å²) in [7, 11) is 3.05. The molecule has 43 heavy (non-hydrogen) atoms. The van der Waals surface area contributed by atoms with Crippen LogP contribution in [0.15, 0.2) is 72.2 Å². The molecule has 0 aliphatic carbocycles. The van der Waals surface area contributed by atoms with Crippen LogP contribution in [0.1, 0.15) is 37.7 Å². The quantitative estimate of drug-likeness (QED) is 0.121. The Labute approximate surface area is 253 Å². The Morgan fingerprint density at radius 2 is 1.67 bits per heavy atom. The summed E-state index contributed by atoms with van der Waals surface area (Å²) in [6, 6.07) is 16.6. The molecule has 3 amide bonds. The lowest BCUT2D eigenvalue weighted by Crippen LogP contribution is -2.37. The maximum atomic E-state index is 13.3. The zero-order chi connectivity index (χ0) is 30.6. The van der Waals surface area contributed by atoms with Crippen LogP contribution in [0.5, 0.6) is 17.2 Å². The van der Waals surface area contributed by atoms with E-state index in [0.717, 1.165) is 6.42 Å². The molecule has 11 nitrogen and oxygen atoms in total. The van der Waals surface area contributed by atoms with Crippen molar-refractivity contribution in [2.45, 2.75) is 12.8 Å². The predicted octanol–water partition coefficient (Wildman–Crippen LogP) is 4.54. The summed E-state index contributed by atoms with van der Waals surface area (Å²) in [6.07, 6.45) is 2.69. The highest BCUT2D eigenvalue weighted by atomic mass is 32.1. The molecule has 0 saturated heterocycles. The van der Waals surface area contributed by atoms with Gasteiger partial charge in [-0.25, -0.2) is 4.79 Å². The third kappa shape index (κ3) is 8.46. The maximum Gasteiger partial charge on any atom is 0.314 e. The minimum atomic E-state index is -0.498. The Morgan fingerprint density at radius 3 is 2.40 bits per heavy atom. The van der Waals surface area contributed by atoms with E-state index in [1.165, 1.54) is 31.4 Å². The topological polar surface area (TPSA) is 154 Å². The van der Waals surface area contributed by atoms with E-state index >= 15 is 0 Å². The number of pyridine rings is 1. The number of benzene rings is 2. The van der Waals surface area contributed by atoms with Crippen molar-refractivity contribution in [3.8, 4) is 17.2 Å². The maximum absolute atomic E-state index is 13.3. The van der Waals surface area contributed by atoms with Crippen LogP contribution in [0.25, 0.3) is 0 Å². The standard InChI is InChI=1S/C31H33N5O6S/c1-40-21-8-6-20(7-9-21)29(37)28-27(32)25(13-16-33-28)36-30(38)24-11-10-22(41-2)19-26(24)42-17-4-14-34-31(39)35-15-12-23-5-3-18-43-23/h3,5-11,13,16,18-19H,4,12,14-15,17,32H2,1-2H3,(H,33,36,38)(H2,34,35,39). The van der Waals surface area contributed by atoms with Gasteiger partial charge in [0.1, 0.15) is 22.9 Å². The first-order valence-corrected chi connectivity index (χ1v) is 14.4. The second kappa shape index (κ2) is 15.2. The Kier molecular flexibility index (Phi) is 10.9. The Hall–Kier alpha value is -5.10. The van der Waals surface area contributed by atoms with Gasteiger partial charge in [-0.3, -0.25) is 14.6 Å². The Bertz CT molecular complexity index is 1540. The number of anilines is 2. The fourth-order valence-corrected chi connectivity index (χ4v) is 4.75. The number of methoxy groups -OCH3 is 2. The van der Waals surface area contributed by atoms with Crippen molar-refractivity contribution < 1.29 is 28.6 Å². The number of aromatic nitrogens is 1. The van der Waals surface area contributed by atoms with Crippen LogP contribution in [0, 0.1) is 0 Å². The van der Waals surface area contributed by atoms with E-state index in [9.17, 15) is 14.4 Å². The van der Waals surface area contributed by atoms with Gasteiger partial charge in [0.15, 0.2) is 0 Å². The number of carbonyl (C=O) groups excluding carboxylic acids is 3. The highest BCUT2D eigenvalue weighted by Crippen LogP contribution is 2.28. The van der Waals surface area contributed by atoms with Crippen LogP contribution in [-0.4, -0.2) is 56.6 Å². The molecule has 4 rings (SSSR count). The number of hydrogen-bond acceptors (Lipinski definition) is 9. The lowest BCUT2D eigenvalue weighted by atomic mass is 10.1. The number of hydrogen-bond donors (Lipinski definition) is 4. The summed E-state index contributed by atoms with van der Waals surface area (Å²) in [5.74, 6) is 0.513. The molecule has 224 valence electrons. The van der Waals surface area contributed by atoms with Crippen LogP contribution >= 0.6 is 11.3 Å². The van der Waals surface area contributed by atoms with Gasteiger partial charge in [0.25, 0.3) is 5.91 Å². The SMILES string of the molecule is COc1ccc(C(=O)c2nccc(NC(=O)c3ccc(OC)cc3OCCCNC(=O)NCCc3cccs3)c2N)cc1. The molecule has 0 aliphatic rings. The number of amides is 3. The number of thiophene rings is 1. The molecule has 2 heterocycles. The molecule has 2 aromatic carbocycles. The zero-order valence-corrected chi connectivity index (χ0v) is 24.7. The minimum Gasteiger partial charge on any atom is -0.497 e. The van der Waals surface area contributed by atoms with Crippen LogP contribution in [0.3, 0.4) is 0 Å². The Morgan fingerprint density at radius 1 is 0.930 bits per heavy atom. The average molecular weight is 604 g/mol. The molecule has 5 N–H and O–H groups in total. The van der Waals surface area contributed by atoms with E-state index in [1.54, 1.807) is 53.8 Å². The van der Waals surface area contributed by atoms with E-state index < -0.39 is 11.7 Å². The number of nitrogens with one attached hydrogen (secondary N) is 3. The van der Waals surface area contributed by atoms with Crippen molar-refractivity contribution in [1.82, 2.24) is 15.6 Å². The third-order valence-electron chi connectivity index (χ3n) is 6.34. The largest absolute Gasteiger partial charge is 0.497 e. The van der Waals surface area contributed by atoms with Gasteiger partial charge >= 0.3 is 6.03 Å². The first-order chi connectivity index (χ1) is 20.9. The van der Waals surface area contributed by atoms with E-state index in [0.29, 0.717) is 42.3 Å². The molecule has 0 unspecified atom stereocenters. The lowest BCUT2D eigenvalue weighted by Gasteiger charge is -2.15. The fraction of sp³-hybridized carbons (Fsp3) is 0.226. The number of nitrogen functional groups attached to an aromatic ring is 1. The van der Waals surface area contributed by atoms with Crippen LogP contribution in [-0.2, 0) is 6.42 Å². The van der Waals surface area contributed by atoms with Crippen molar-refractivity contribution in [2.75, 3.05) is 45.0 Å². The fourth-order valence-electron chi connectivity index (χ4n) is 4.04. The number of ether oxygens (including phenoxy) is 3. The summed E-state index contributed by atoms with van der Waals surface area (Å²) in [5, 5.41) is 10.4. The van der Waals surface area contributed by atoms with Crippen LogP contribution in [0.4, 0.5) is 16.2 Å². The van der Waals surface area contributed by atoms with Gasteiger partial charge in [0, 0.05) is 35.8 Å². The van der Waals surface area contributed by atoms with Crippen LogP contribution < -0.4 is 35.9 Å². The molecule has 0 bridgehead atoms. The van der Waals surface area contributed by atoms with Gasteiger partial charge in [-0.15, -0.1) is 11.3 Å². The van der Waals surface area contributed by atoms with E-state index in [4.69, 9.17) is 19.9 Å². The summed E-state index contributed by atoms with van der Waals surface area (Å²) in [5.41, 5.74) is 7.15. The predicted molar refractivity (Wildman–Crippen MR) is 166 cm³/mol. The first kappa shape index (κ1) is 30.8. The lowest BCUT2D eigenvalue weighted by molar-refractivity contribution is 0.101. The molecule has 4 aromatic rings. The summed E-state index contributed by atoms with van der Waals surface area (Å²) in [6.45, 7) is 1.17. The highest BCUT2D eigenvalue weighted by molar-refractivity contribution is 7.09. The van der Waals surface area contributed by atoms with Gasteiger partial charge in [0.05, 0.1) is 37.8 Å². The molecule has 0 saturated carbocycles. The molecular formula is C31H33N5O6S. The van der Waals surface area contributed by atoms with Crippen molar-refractivity contribution >= 4 is 40.4 Å². The number of urea groups is 1. The number of ketones is 1. The number of rotatable bonds is 14. The average Bonchev–Trinajstić information content (AvgIpc) is 3.55. The van der Waals surface area contributed by atoms with E-state index in [1.807, 2.05) is 17.5 Å². The van der Waals surface area contributed by atoms with Gasteiger partial charge < -0.3 is 35.9 Å². The molecule has 0 radical (unpaired) electrons. The molecule has 0 spiro atoms. The summed E-state index contributed by atoms with van der Waals surface area (Å²) < 4.78 is 16.3. The molecule has 0 fully saturated rings. The van der Waals surface area contributed by atoms with Crippen molar-refractivity contribution in [3.05, 3.63) is 93.9 Å². The monoisotopic (exact) mass is 603 g/mol. The second-order valence-electron chi connectivity index (χ2n) is 9.21. The molecule has 2 aromatic heterocycles. The molecule has 0 aliphatic heterocycles. The van der Waals surface area contributed by atoms with Gasteiger partial charge in [-0.05, 0) is 66.8 Å². The smallest absolute Gasteiger partial charge is 0.314 e. The number of nitrogens with zero attached hydrogens (tertiary/aromatic N) is 1. The van der Waals surface area contributed by atoms with Crippen LogP contribution in [0.2, 0.25) is 0 Å². The van der Waals surface area contributed by atoms with E-state index in [-0.39, 0.29) is 35.3 Å². The van der Waals surface area contributed by atoms with Gasteiger partial charge in [-0.1, -0.05) is 6.07 Å². The second-order valence-corrected chi connectivity index (χ2v) is 10.2. The number of carbonyl (C=O) groups is 3. The summed E-state index contributed by atoms with van der Waals surface area (Å²) in [4.78, 5) is 43.7. The third-order valence-corrected chi connectivity index (χ3v) is 7.28. The van der Waals surface area contributed by atoms with E-state index in [2.05, 4.69) is 20.9 Å². The van der Waals surface area contributed by atoms with Gasteiger partial charge in [-0.2, -0.15) is 0 Å². The van der Waals surface area contributed by atoms with Crippen molar-refractivity contribution in [1.29, 1.82) is 0 Å². The Balaban J connectivity index is 1.34. The van der Waals surface area contributed by atoms with Crippen molar-refractivity contribution in [2.24, 2.45) is 0 Å². The zero-order valence-electron chi connectivity index (χ0n) is 23.8. The van der Waals surface area contributed by atoms with Gasteiger partial charge in [0.2, 0.25) is 5.78 Å². The molecule has 12 heteroatoms. The minimum absolute atomic E-state index is 0.0113.